The summed E-state index contributed by atoms with van der Waals surface area (Å²) in [5.41, 5.74) is 3.66. The number of thiazole rings is 1. The van der Waals surface area contributed by atoms with Gasteiger partial charge < -0.3 is 4.90 Å². The van der Waals surface area contributed by atoms with E-state index in [0.29, 0.717) is 11.8 Å². The van der Waals surface area contributed by atoms with Crippen LogP contribution in [0, 0.1) is 17.8 Å². The fraction of sp³-hybridized carbons (Fsp3) is 0.636. The summed E-state index contributed by atoms with van der Waals surface area (Å²) in [6.45, 7) is 3.10. The molecule has 6 rings (SSSR count). The third-order valence-electron chi connectivity index (χ3n) is 7.47. The highest BCUT2D eigenvalue weighted by Gasteiger charge is 2.48. The van der Waals surface area contributed by atoms with E-state index in [4.69, 9.17) is 0 Å². The largest absolute Gasteiger partial charge is 0.338 e. The maximum Gasteiger partial charge on any atom is 0.255 e. The molecule has 0 radical (unpaired) electrons. The van der Waals surface area contributed by atoms with Gasteiger partial charge in [0.25, 0.3) is 5.91 Å². The number of hydrogen-bond acceptors (Lipinski definition) is 4. The zero-order valence-corrected chi connectivity index (χ0v) is 16.5. The Labute approximate surface area is 164 Å². The minimum atomic E-state index is 0.225. The van der Waals surface area contributed by atoms with Gasteiger partial charge in [0, 0.05) is 31.7 Å². The molecule has 0 spiro atoms. The van der Waals surface area contributed by atoms with Crippen LogP contribution in [0.1, 0.15) is 48.9 Å². The fourth-order valence-corrected chi connectivity index (χ4v) is 7.02. The quantitative estimate of drug-likeness (QED) is 0.788. The second-order valence-corrected chi connectivity index (χ2v) is 10.0. The summed E-state index contributed by atoms with van der Waals surface area (Å²) in [6.07, 6.45) is 8.37. The lowest BCUT2D eigenvalue weighted by molar-refractivity contribution is -0.0550. The van der Waals surface area contributed by atoms with E-state index in [2.05, 4.69) is 14.8 Å². The number of rotatable bonds is 2. The summed E-state index contributed by atoms with van der Waals surface area (Å²) in [6, 6.07) is 7.54. The first-order valence-corrected chi connectivity index (χ1v) is 11.5. The van der Waals surface area contributed by atoms with Crippen molar-refractivity contribution >= 4 is 27.5 Å². The number of carbonyl (C=O) groups is 1. The van der Waals surface area contributed by atoms with Crippen LogP contribution in [0.4, 0.5) is 0 Å². The van der Waals surface area contributed by atoms with E-state index >= 15 is 0 Å². The Kier molecular flexibility index (Phi) is 3.83. The first-order chi connectivity index (χ1) is 13.3. The van der Waals surface area contributed by atoms with Crippen molar-refractivity contribution in [3.05, 3.63) is 29.3 Å². The van der Waals surface area contributed by atoms with Gasteiger partial charge in [-0.05, 0) is 62.0 Å². The highest BCUT2D eigenvalue weighted by molar-refractivity contribution is 7.17. The van der Waals surface area contributed by atoms with Gasteiger partial charge >= 0.3 is 0 Å². The van der Waals surface area contributed by atoms with Crippen molar-refractivity contribution < 1.29 is 4.79 Å². The van der Waals surface area contributed by atoms with Gasteiger partial charge in [-0.1, -0.05) is 12.5 Å². The van der Waals surface area contributed by atoms with Crippen LogP contribution >= 0.6 is 11.3 Å². The summed E-state index contributed by atoms with van der Waals surface area (Å²) in [7, 11) is 0. The third-order valence-corrected chi connectivity index (χ3v) is 8.35. The van der Waals surface area contributed by atoms with E-state index in [-0.39, 0.29) is 5.91 Å². The fourth-order valence-electron chi connectivity index (χ4n) is 6.22. The number of fused-ring (bicyclic) bond motifs is 5. The van der Waals surface area contributed by atoms with E-state index in [1.165, 1.54) is 45.1 Å². The number of aromatic nitrogens is 1. The molecule has 1 aliphatic carbocycles. The Morgan fingerprint density at radius 3 is 2.74 bits per heavy atom. The average Bonchev–Trinajstić information content (AvgIpc) is 3.42. The standard InChI is InChI=1S/C22H27N3OS/c26-22(17-3-1-4-18-21(17)27-13-23-18)24-10-14-9-16(12-24)20-6-2-5-19(15-7-8-15)25(20)11-14/h1,3-4,13-16,19-20H,2,5-12H2/t14-,16+,19+,20-/m0/s1. The van der Waals surface area contributed by atoms with Crippen molar-refractivity contribution in [1.82, 2.24) is 14.8 Å². The van der Waals surface area contributed by atoms with Gasteiger partial charge in [0.15, 0.2) is 0 Å². The molecular formula is C22H27N3OS. The Morgan fingerprint density at radius 2 is 1.89 bits per heavy atom. The molecule has 0 unspecified atom stereocenters. The molecule has 4 heterocycles. The summed E-state index contributed by atoms with van der Waals surface area (Å²) >= 11 is 1.59. The van der Waals surface area contributed by atoms with Gasteiger partial charge in [0.05, 0.1) is 21.3 Å². The molecule has 1 saturated carbocycles. The number of amides is 1. The van der Waals surface area contributed by atoms with Gasteiger partial charge in [-0.3, -0.25) is 9.69 Å². The van der Waals surface area contributed by atoms with Crippen molar-refractivity contribution in [2.45, 2.75) is 50.6 Å². The monoisotopic (exact) mass is 381 g/mol. The molecule has 3 saturated heterocycles. The van der Waals surface area contributed by atoms with E-state index in [1.54, 1.807) is 11.3 Å². The summed E-state index contributed by atoms with van der Waals surface area (Å²) in [5, 5.41) is 0. The lowest BCUT2D eigenvalue weighted by atomic mass is 9.74. The minimum absolute atomic E-state index is 0.225. The Morgan fingerprint density at radius 1 is 1.04 bits per heavy atom. The van der Waals surface area contributed by atoms with Gasteiger partial charge in [-0.25, -0.2) is 4.98 Å². The van der Waals surface area contributed by atoms with Gasteiger partial charge in [-0.15, -0.1) is 11.3 Å². The number of nitrogens with zero attached hydrogens (tertiary/aromatic N) is 3. The van der Waals surface area contributed by atoms with Crippen LogP contribution < -0.4 is 0 Å². The van der Waals surface area contributed by atoms with Crippen molar-refractivity contribution in [2.75, 3.05) is 19.6 Å². The van der Waals surface area contributed by atoms with Crippen LogP contribution in [-0.4, -0.2) is 52.4 Å². The highest BCUT2D eigenvalue weighted by atomic mass is 32.1. The molecule has 4 aliphatic rings. The van der Waals surface area contributed by atoms with Crippen molar-refractivity contribution in [3.63, 3.8) is 0 Å². The Bertz CT molecular complexity index is 875. The molecule has 4 fully saturated rings. The molecule has 5 heteroatoms. The number of piperidine rings is 3. The summed E-state index contributed by atoms with van der Waals surface area (Å²) < 4.78 is 1.05. The molecule has 2 aromatic rings. The van der Waals surface area contributed by atoms with E-state index in [9.17, 15) is 4.79 Å². The van der Waals surface area contributed by atoms with E-state index < -0.39 is 0 Å². The number of likely N-dealkylation sites (tertiary alicyclic amines) is 1. The zero-order chi connectivity index (χ0) is 18.0. The topological polar surface area (TPSA) is 36.4 Å². The third kappa shape index (κ3) is 2.73. The van der Waals surface area contributed by atoms with Crippen LogP contribution in [0.5, 0.6) is 0 Å². The molecule has 3 aliphatic heterocycles. The van der Waals surface area contributed by atoms with Crippen molar-refractivity contribution in [2.24, 2.45) is 17.8 Å². The highest BCUT2D eigenvalue weighted by Crippen LogP contribution is 2.46. The average molecular weight is 382 g/mol. The predicted molar refractivity (Wildman–Crippen MR) is 108 cm³/mol. The molecule has 0 N–H and O–H groups in total. The smallest absolute Gasteiger partial charge is 0.255 e. The van der Waals surface area contributed by atoms with Gasteiger partial charge in [0.1, 0.15) is 0 Å². The first-order valence-electron chi connectivity index (χ1n) is 10.6. The molecule has 1 amide bonds. The minimum Gasteiger partial charge on any atom is -0.338 e. The molecule has 1 aromatic carbocycles. The molecular weight excluding hydrogens is 354 g/mol. The number of benzene rings is 1. The van der Waals surface area contributed by atoms with Crippen LogP contribution in [0.25, 0.3) is 10.2 Å². The van der Waals surface area contributed by atoms with Crippen LogP contribution in [-0.2, 0) is 0 Å². The molecule has 27 heavy (non-hydrogen) atoms. The normalized spacial score (nSPS) is 33.9. The lowest BCUT2D eigenvalue weighted by Crippen LogP contribution is -2.62. The molecule has 4 nitrogen and oxygen atoms in total. The SMILES string of the molecule is O=C(c1cccc2ncsc12)N1C[C@@H]2C[C@H](C1)[C@@H]1CCC[C@H](C3CC3)N1C2. The molecule has 142 valence electrons. The molecule has 2 bridgehead atoms. The second kappa shape index (κ2) is 6.28. The zero-order valence-electron chi connectivity index (χ0n) is 15.7. The summed E-state index contributed by atoms with van der Waals surface area (Å²) in [4.78, 5) is 22.8. The van der Waals surface area contributed by atoms with E-state index in [1.807, 2.05) is 23.7 Å². The Balaban J connectivity index is 1.26. The van der Waals surface area contributed by atoms with Crippen LogP contribution in [0.3, 0.4) is 0 Å². The Hall–Kier alpha value is -1.46. The maximum atomic E-state index is 13.4. The first kappa shape index (κ1) is 16.5. The van der Waals surface area contributed by atoms with Gasteiger partial charge in [0.2, 0.25) is 0 Å². The number of carbonyl (C=O) groups excluding carboxylic acids is 1. The molecule has 1 aromatic heterocycles. The van der Waals surface area contributed by atoms with Crippen molar-refractivity contribution in [3.8, 4) is 0 Å². The number of hydrogen-bond donors (Lipinski definition) is 0. The maximum absolute atomic E-state index is 13.4. The van der Waals surface area contributed by atoms with Crippen LogP contribution in [0.15, 0.2) is 23.7 Å². The second-order valence-electron chi connectivity index (χ2n) is 9.18. The summed E-state index contributed by atoms with van der Waals surface area (Å²) in [5.74, 6) is 2.53. The molecule has 4 atom stereocenters. The van der Waals surface area contributed by atoms with Crippen molar-refractivity contribution in [1.29, 1.82) is 0 Å². The van der Waals surface area contributed by atoms with E-state index in [0.717, 1.165) is 46.9 Å². The predicted octanol–water partition coefficient (Wildman–Crippen LogP) is 4.02. The van der Waals surface area contributed by atoms with Gasteiger partial charge in [-0.2, -0.15) is 0 Å². The lowest BCUT2D eigenvalue weighted by Gasteiger charge is -2.55. The van der Waals surface area contributed by atoms with Crippen LogP contribution in [0.2, 0.25) is 0 Å².